The summed E-state index contributed by atoms with van der Waals surface area (Å²) in [6.07, 6.45) is 9.80. The number of anilines is 2. The first-order valence-electron chi connectivity index (χ1n) is 13.9. The third-order valence-corrected chi connectivity index (χ3v) is 7.97. The summed E-state index contributed by atoms with van der Waals surface area (Å²) in [5, 5.41) is 3.29. The molecule has 0 saturated carbocycles. The SMILES string of the molecule is C=CCCC(C=C)NC(=C)c1ccc(N2CCN(CC3CCN(c4ccc(C=C)cc4)CC3)CC2)cc1F. The minimum Gasteiger partial charge on any atom is -0.379 e. The van der Waals surface area contributed by atoms with Crippen molar-refractivity contribution in [2.24, 2.45) is 5.92 Å². The lowest BCUT2D eigenvalue weighted by molar-refractivity contribution is 0.201. The van der Waals surface area contributed by atoms with Crippen LogP contribution in [0.1, 0.15) is 36.8 Å². The zero-order chi connectivity index (χ0) is 26.9. The van der Waals surface area contributed by atoms with Gasteiger partial charge in [0.05, 0.1) is 0 Å². The summed E-state index contributed by atoms with van der Waals surface area (Å²) in [5.74, 6) is 0.506. The Kier molecular flexibility index (Phi) is 9.83. The van der Waals surface area contributed by atoms with Crippen molar-refractivity contribution in [3.05, 3.63) is 97.9 Å². The number of benzene rings is 2. The average molecular weight is 515 g/mol. The maximum absolute atomic E-state index is 15.1. The number of hydrogen-bond donors (Lipinski definition) is 1. The molecule has 2 aromatic rings. The molecule has 0 bridgehead atoms. The zero-order valence-electron chi connectivity index (χ0n) is 22.8. The molecule has 4 nitrogen and oxygen atoms in total. The van der Waals surface area contributed by atoms with E-state index in [4.69, 9.17) is 0 Å². The van der Waals surface area contributed by atoms with Crippen molar-refractivity contribution >= 4 is 23.1 Å². The molecular formula is C33H43FN4. The molecule has 1 atom stereocenters. The summed E-state index contributed by atoms with van der Waals surface area (Å²) in [4.78, 5) is 7.39. The van der Waals surface area contributed by atoms with Crippen LogP contribution in [0.5, 0.6) is 0 Å². The third kappa shape index (κ3) is 7.16. The number of nitrogens with one attached hydrogen (secondary N) is 1. The molecule has 2 heterocycles. The number of hydrogen-bond acceptors (Lipinski definition) is 4. The van der Waals surface area contributed by atoms with Crippen LogP contribution in [-0.4, -0.2) is 56.8 Å². The van der Waals surface area contributed by atoms with Gasteiger partial charge in [-0.1, -0.05) is 43.5 Å². The van der Waals surface area contributed by atoms with Gasteiger partial charge in [-0.3, -0.25) is 4.90 Å². The van der Waals surface area contributed by atoms with Crippen LogP contribution in [0, 0.1) is 11.7 Å². The Bertz CT molecular complexity index is 1090. The molecule has 2 aromatic carbocycles. The Morgan fingerprint density at radius 1 is 0.921 bits per heavy atom. The van der Waals surface area contributed by atoms with Gasteiger partial charge in [-0.05, 0) is 67.5 Å². The van der Waals surface area contributed by atoms with Gasteiger partial charge in [-0.25, -0.2) is 4.39 Å². The van der Waals surface area contributed by atoms with E-state index in [0.717, 1.165) is 70.3 Å². The lowest BCUT2D eigenvalue weighted by Gasteiger charge is -2.40. The molecule has 2 fully saturated rings. The van der Waals surface area contributed by atoms with Crippen LogP contribution in [0.15, 0.2) is 80.9 Å². The molecule has 1 N–H and O–H groups in total. The molecule has 38 heavy (non-hydrogen) atoms. The van der Waals surface area contributed by atoms with E-state index in [0.29, 0.717) is 11.3 Å². The van der Waals surface area contributed by atoms with E-state index < -0.39 is 0 Å². The van der Waals surface area contributed by atoms with Crippen LogP contribution < -0.4 is 15.1 Å². The second-order valence-electron chi connectivity index (χ2n) is 10.5. The highest BCUT2D eigenvalue weighted by Gasteiger charge is 2.24. The molecule has 1 unspecified atom stereocenters. The van der Waals surface area contributed by atoms with E-state index >= 15 is 4.39 Å². The highest BCUT2D eigenvalue weighted by molar-refractivity contribution is 5.65. The fourth-order valence-corrected chi connectivity index (χ4v) is 5.54. The summed E-state index contributed by atoms with van der Waals surface area (Å²) < 4.78 is 15.1. The van der Waals surface area contributed by atoms with Gasteiger partial charge in [0.15, 0.2) is 0 Å². The largest absolute Gasteiger partial charge is 0.379 e. The predicted octanol–water partition coefficient (Wildman–Crippen LogP) is 6.59. The van der Waals surface area contributed by atoms with Crippen molar-refractivity contribution in [2.45, 2.75) is 31.7 Å². The van der Waals surface area contributed by atoms with Crippen LogP contribution in [0.2, 0.25) is 0 Å². The lowest BCUT2D eigenvalue weighted by Crippen LogP contribution is -2.49. The Balaban J connectivity index is 1.23. The first-order valence-corrected chi connectivity index (χ1v) is 13.9. The van der Waals surface area contributed by atoms with Crippen LogP contribution in [-0.2, 0) is 0 Å². The van der Waals surface area contributed by atoms with Gasteiger partial charge < -0.3 is 15.1 Å². The molecule has 0 aromatic heterocycles. The summed E-state index contributed by atoms with van der Waals surface area (Å²) in [6.45, 7) is 22.8. The fourth-order valence-electron chi connectivity index (χ4n) is 5.54. The minimum absolute atomic E-state index is 0.0452. The Morgan fingerprint density at radius 3 is 2.18 bits per heavy atom. The standard InChI is InChI=1S/C33H43FN4/c1-5-8-9-29(7-3)35-26(4)32-15-14-31(24-33(32)34)38-22-20-36(21-23-38)25-28-16-18-37(19-17-28)30-12-10-27(6-2)11-13-30/h5-7,10-15,24,28-29,35H,1-4,8-9,16-23,25H2. The first-order chi connectivity index (χ1) is 18.5. The van der Waals surface area contributed by atoms with Gasteiger partial charge in [-0.2, -0.15) is 0 Å². The second kappa shape index (κ2) is 13.5. The number of allylic oxidation sites excluding steroid dienone is 1. The molecule has 0 amide bonds. The van der Waals surface area contributed by atoms with E-state index in [1.54, 1.807) is 6.07 Å². The van der Waals surface area contributed by atoms with Gasteiger partial charge >= 0.3 is 0 Å². The number of halogens is 1. The van der Waals surface area contributed by atoms with Crippen molar-refractivity contribution in [3.63, 3.8) is 0 Å². The smallest absolute Gasteiger partial charge is 0.134 e. The van der Waals surface area contributed by atoms with Crippen molar-refractivity contribution in [3.8, 4) is 0 Å². The van der Waals surface area contributed by atoms with Gasteiger partial charge in [0.2, 0.25) is 0 Å². The predicted molar refractivity (Wildman–Crippen MR) is 162 cm³/mol. The van der Waals surface area contributed by atoms with Crippen LogP contribution in [0.25, 0.3) is 11.8 Å². The number of piperazine rings is 1. The van der Waals surface area contributed by atoms with Crippen molar-refractivity contribution in [1.29, 1.82) is 0 Å². The third-order valence-electron chi connectivity index (χ3n) is 7.97. The Morgan fingerprint density at radius 2 is 1.58 bits per heavy atom. The van der Waals surface area contributed by atoms with Crippen LogP contribution in [0.3, 0.4) is 0 Å². The maximum atomic E-state index is 15.1. The molecule has 0 spiro atoms. The van der Waals surface area contributed by atoms with Crippen molar-refractivity contribution < 1.29 is 4.39 Å². The molecular weight excluding hydrogens is 471 g/mol. The average Bonchev–Trinajstić information content (AvgIpc) is 2.96. The second-order valence-corrected chi connectivity index (χ2v) is 10.5. The first kappa shape index (κ1) is 27.7. The maximum Gasteiger partial charge on any atom is 0.134 e. The van der Waals surface area contributed by atoms with Crippen molar-refractivity contribution in [1.82, 2.24) is 10.2 Å². The van der Waals surface area contributed by atoms with E-state index in [1.165, 1.54) is 24.1 Å². The molecule has 0 aliphatic carbocycles. The molecule has 2 aliphatic heterocycles. The summed E-state index contributed by atoms with van der Waals surface area (Å²) in [5.41, 5.74) is 4.53. The molecule has 202 valence electrons. The number of piperidine rings is 1. The highest BCUT2D eigenvalue weighted by Crippen LogP contribution is 2.27. The summed E-state index contributed by atoms with van der Waals surface area (Å²) in [6, 6.07) is 14.3. The van der Waals surface area contributed by atoms with E-state index in [9.17, 15) is 0 Å². The van der Waals surface area contributed by atoms with Gasteiger partial charge in [-0.15, -0.1) is 13.2 Å². The van der Waals surface area contributed by atoms with Gasteiger partial charge in [0.1, 0.15) is 5.82 Å². The van der Waals surface area contributed by atoms with Crippen LogP contribution in [0.4, 0.5) is 15.8 Å². The number of rotatable bonds is 12. The molecule has 4 rings (SSSR count). The Labute approximate surface area is 228 Å². The topological polar surface area (TPSA) is 21.8 Å². The molecule has 0 radical (unpaired) electrons. The quantitative estimate of drug-likeness (QED) is 0.323. The lowest BCUT2D eigenvalue weighted by atomic mass is 9.95. The summed E-state index contributed by atoms with van der Waals surface area (Å²) in [7, 11) is 0. The van der Waals surface area contributed by atoms with Crippen molar-refractivity contribution in [2.75, 3.05) is 55.6 Å². The minimum atomic E-state index is -0.236. The number of nitrogens with zero attached hydrogens (tertiary/aromatic N) is 3. The fraction of sp³-hybridized carbons (Fsp3) is 0.394. The monoisotopic (exact) mass is 514 g/mol. The van der Waals surface area contributed by atoms with E-state index in [1.807, 2.05) is 30.4 Å². The molecule has 2 saturated heterocycles. The van der Waals surface area contributed by atoms with E-state index in [2.05, 4.69) is 70.6 Å². The summed E-state index contributed by atoms with van der Waals surface area (Å²) >= 11 is 0. The molecule has 2 aliphatic rings. The molecule has 5 heteroatoms. The van der Waals surface area contributed by atoms with Crippen LogP contribution >= 0.6 is 0 Å². The zero-order valence-corrected chi connectivity index (χ0v) is 22.8. The van der Waals surface area contributed by atoms with Gasteiger partial charge in [0.25, 0.3) is 0 Å². The Hall–Kier alpha value is -3.31. The normalized spacial score (nSPS) is 17.6. The van der Waals surface area contributed by atoms with E-state index in [-0.39, 0.29) is 11.9 Å². The van der Waals surface area contributed by atoms with Gasteiger partial charge in [0, 0.05) is 74.5 Å². The highest BCUT2D eigenvalue weighted by atomic mass is 19.1.